The van der Waals surface area contributed by atoms with Gasteiger partial charge in [-0.15, -0.1) is 0 Å². The standard InChI is InChI=1S/C13H21N3O3/c1-5-9(2)16(11(4)17)7-6-13(18)14-12-8-10(3)19-15-12/h8-9H,5-7H2,1-4H3,(H,14,15,18). The Kier molecular flexibility index (Phi) is 5.54. The second-order valence-corrected chi connectivity index (χ2v) is 4.59. The summed E-state index contributed by atoms with van der Waals surface area (Å²) in [5, 5.41) is 6.31. The second kappa shape index (κ2) is 6.92. The van der Waals surface area contributed by atoms with Crippen molar-refractivity contribution in [1.82, 2.24) is 10.1 Å². The fraction of sp³-hybridized carbons (Fsp3) is 0.615. The van der Waals surface area contributed by atoms with Gasteiger partial charge in [-0.05, 0) is 20.3 Å². The summed E-state index contributed by atoms with van der Waals surface area (Å²) >= 11 is 0. The van der Waals surface area contributed by atoms with Crippen LogP contribution in [0.1, 0.15) is 39.4 Å². The average Bonchev–Trinajstić information content (AvgIpc) is 2.74. The first-order valence-electron chi connectivity index (χ1n) is 6.44. The first-order valence-corrected chi connectivity index (χ1v) is 6.44. The molecule has 0 saturated heterocycles. The van der Waals surface area contributed by atoms with Crippen LogP contribution in [-0.4, -0.2) is 34.5 Å². The molecule has 1 heterocycles. The third-order valence-corrected chi connectivity index (χ3v) is 3.00. The van der Waals surface area contributed by atoms with E-state index in [-0.39, 0.29) is 24.3 Å². The van der Waals surface area contributed by atoms with E-state index in [1.54, 1.807) is 17.9 Å². The van der Waals surface area contributed by atoms with Gasteiger partial charge in [-0.1, -0.05) is 12.1 Å². The molecular weight excluding hydrogens is 246 g/mol. The molecule has 19 heavy (non-hydrogen) atoms. The van der Waals surface area contributed by atoms with Crippen molar-refractivity contribution in [3.05, 3.63) is 11.8 Å². The highest BCUT2D eigenvalue weighted by Crippen LogP contribution is 2.09. The van der Waals surface area contributed by atoms with Crippen molar-refractivity contribution in [2.24, 2.45) is 0 Å². The van der Waals surface area contributed by atoms with E-state index in [2.05, 4.69) is 10.5 Å². The second-order valence-electron chi connectivity index (χ2n) is 4.59. The van der Waals surface area contributed by atoms with Crippen molar-refractivity contribution in [2.75, 3.05) is 11.9 Å². The Morgan fingerprint density at radius 1 is 1.53 bits per heavy atom. The van der Waals surface area contributed by atoms with Gasteiger partial charge in [0.2, 0.25) is 11.8 Å². The molecule has 6 heteroatoms. The molecular formula is C13H21N3O3. The fourth-order valence-electron chi connectivity index (χ4n) is 1.76. The van der Waals surface area contributed by atoms with Gasteiger partial charge in [0.1, 0.15) is 5.76 Å². The summed E-state index contributed by atoms with van der Waals surface area (Å²) in [5.41, 5.74) is 0. The number of anilines is 1. The lowest BCUT2D eigenvalue weighted by Crippen LogP contribution is -2.38. The van der Waals surface area contributed by atoms with Gasteiger partial charge in [-0.2, -0.15) is 0 Å². The van der Waals surface area contributed by atoms with Gasteiger partial charge in [0, 0.05) is 32.0 Å². The van der Waals surface area contributed by atoms with Crippen LogP contribution < -0.4 is 5.32 Å². The molecule has 1 unspecified atom stereocenters. The summed E-state index contributed by atoms with van der Waals surface area (Å²) < 4.78 is 4.86. The molecule has 1 aromatic heterocycles. The molecule has 0 aliphatic rings. The topological polar surface area (TPSA) is 75.4 Å². The summed E-state index contributed by atoms with van der Waals surface area (Å²) in [5.74, 6) is 0.850. The summed E-state index contributed by atoms with van der Waals surface area (Å²) in [4.78, 5) is 24.9. The number of nitrogens with one attached hydrogen (secondary N) is 1. The molecule has 1 N–H and O–H groups in total. The van der Waals surface area contributed by atoms with Crippen LogP contribution in [0.5, 0.6) is 0 Å². The molecule has 0 aliphatic heterocycles. The Morgan fingerprint density at radius 3 is 2.68 bits per heavy atom. The van der Waals surface area contributed by atoms with Gasteiger partial charge in [-0.3, -0.25) is 9.59 Å². The summed E-state index contributed by atoms with van der Waals surface area (Å²) in [6.07, 6.45) is 1.11. The van der Waals surface area contributed by atoms with Crippen molar-refractivity contribution in [3.63, 3.8) is 0 Å². The molecule has 0 saturated carbocycles. The van der Waals surface area contributed by atoms with Gasteiger partial charge in [-0.25, -0.2) is 0 Å². The van der Waals surface area contributed by atoms with Crippen LogP contribution in [0, 0.1) is 6.92 Å². The summed E-state index contributed by atoms with van der Waals surface area (Å²) in [6.45, 7) is 7.67. The molecule has 0 spiro atoms. The van der Waals surface area contributed by atoms with E-state index in [4.69, 9.17) is 4.52 Å². The Labute approximate surface area is 113 Å². The van der Waals surface area contributed by atoms with Crippen LogP contribution in [0.15, 0.2) is 10.6 Å². The molecule has 6 nitrogen and oxygen atoms in total. The first-order chi connectivity index (χ1) is 8.93. The Balaban J connectivity index is 2.46. The minimum atomic E-state index is -0.178. The molecule has 0 aromatic carbocycles. The predicted octanol–water partition coefficient (Wildman–Crippen LogP) is 1.96. The maximum atomic E-state index is 11.7. The number of carbonyl (C=O) groups excluding carboxylic acids is 2. The molecule has 1 atom stereocenters. The Bertz CT molecular complexity index is 442. The molecule has 0 fully saturated rings. The minimum absolute atomic E-state index is 0.0144. The average molecular weight is 267 g/mol. The van der Waals surface area contributed by atoms with Crippen molar-refractivity contribution >= 4 is 17.6 Å². The smallest absolute Gasteiger partial charge is 0.227 e. The van der Waals surface area contributed by atoms with Crippen molar-refractivity contribution in [3.8, 4) is 0 Å². The maximum Gasteiger partial charge on any atom is 0.227 e. The molecule has 106 valence electrons. The fourth-order valence-corrected chi connectivity index (χ4v) is 1.76. The van der Waals surface area contributed by atoms with Gasteiger partial charge < -0.3 is 14.7 Å². The predicted molar refractivity (Wildman–Crippen MR) is 71.6 cm³/mol. The molecule has 2 amide bonds. The van der Waals surface area contributed by atoms with Crippen LogP contribution in [0.25, 0.3) is 0 Å². The zero-order chi connectivity index (χ0) is 14.4. The van der Waals surface area contributed by atoms with Gasteiger partial charge in [0.05, 0.1) is 0 Å². The zero-order valence-corrected chi connectivity index (χ0v) is 11.9. The third kappa shape index (κ3) is 4.73. The van der Waals surface area contributed by atoms with Crippen molar-refractivity contribution < 1.29 is 14.1 Å². The van der Waals surface area contributed by atoms with E-state index in [9.17, 15) is 9.59 Å². The van der Waals surface area contributed by atoms with Crippen LogP contribution in [0.4, 0.5) is 5.82 Å². The lowest BCUT2D eigenvalue weighted by Gasteiger charge is -2.27. The highest BCUT2D eigenvalue weighted by Gasteiger charge is 2.16. The number of nitrogens with zero attached hydrogens (tertiary/aromatic N) is 2. The van der Waals surface area contributed by atoms with Crippen LogP contribution in [0.2, 0.25) is 0 Å². The number of carbonyl (C=O) groups is 2. The van der Waals surface area contributed by atoms with E-state index in [1.165, 1.54) is 6.92 Å². The number of aromatic nitrogens is 1. The van der Waals surface area contributed by atoms with Gasteiger partial charge in [0.15, 0.2) is 5.82 Å². The Hall–Kier alpha value is -1.85. The van der Waals surface area contributed by atoms with Gasteiger partial charge >= 0.3 is 0 Å². The normalized spacial score (nSPS) is 12.0. The summed E-state index contributed by atoms with van der Waals surface area (Å²) in [7, 11) is 0. The number of amides is 2. The van der Waals surface area contributed by atoms with E-state index in [1.807, 2.05) is 13.8 Å². The third-order valence-electron chi connectivity index (χ3n) is 3.00. The maximum absolute atomic E-state index is 11.7. The zero-order valence-electron chi connectivity index (χ0n) is 11.9. The molecule has 1 rings (SSSR count). The van der Waals surface area contributed by atoms with Crippen LogP contribution >= 0.6 is 0 Å². The largest absolute Gasteiger partial charge is 0.360 e. The number of hydrogen-bond acceptors (Lipinski definition) is 4. The first kappa shape index (κ1) is 15.2. The number of hydrogen-bond donors (Lipinski definition) is 1. The monoisotopic (exact) mass is 267 g/mol. The number of rotatable bonds is 6. The Morgan fingerprint density at radius 2 is 2.21 bits per heavy atom. The minimum Gasteiger partial charge on any atom is -0.360 e. The molecule has 1 aromatic rings. The quantitative estimate of drug-likeness (QED) is 0.854. The molecule has 0 radical (unpaired) electrons. The van der Waals surface area contributed by atoms with Crippen LogP contribution in [0.3, 0.4) is 0 Å². The highest BCUT2D eigenvalue weighted by molar-refractivity contribution is 5.90. The lowest BCUT2D eigenvalue weighted by molar-refractivity contribution is -0.131. The van der Waals surface area contributed by atoms with E-state index < -0.39 is 0 Å². The number of aryl methyl sites for hydroxylation is 1. The van der Waals surface area contributed by atoms with Gasteiger partial charge in [0.25, 0.3) is 0 Å². The summed E-state index contributed by atoms with van der Waals surface area (Å²) in [6, 6.07) is 1.79. The van der Waals surface area contributed by atoms with Crippen molar-refractivity contribution in [1.29, 1.82) is 0 Å². The lowest BCUT2D eigenvalue weighted by atomic mass is 10.2. The SMILES string of the molecule is CCC(C)N(CCC(=O)Nc1cc(C)on1)C(C)=O. The highest BCUT2D eigenvalue weighted by atomic mass is 16.5. The van der Waals surface area contributed by atoms with E-state index >= 15 is 0 Å². The molecule has 0 aliphatic carbocycles. The molecule has 0 bridgehead atoms. The van der Waals surface area contributed by atoms with E-state index in [0.29, 0.717) is 18.1 Å². The van der Waals surface area contributed by atoms with Crippen molar-refractivity contribution in [2.45, 2.75) is 46.6 Å². The van der Waals surface area contributed by atoms with E-state index in [0.717, 1.165) is 6.42 Å². The van der Waals surface area contributed by atoms with Crippen LogP contribution in [-0.2, 0) is 9.59 Å².